The third-order valence-corrected chi connectivity index (χ3v) is 5.12. The van der Waals surface area contributed by atoms with E-state index in [-0.39, 0.29) is 12.2 Å². The molecule has 0 spiro atoms. The first-order valence-electron chi connectivity index (χ1n) is 7.80. The summed E-state index contributed by atoms with van der Waals surface area (Å²) in [7, 11) is 0. The Morgan fingerprint density at radius 3 is 2.22 bits per heavy atom. The van der Waals surface area contributed by atoms with E-state index in [1.165, 1.54) is 12.2 Å². The number of carbonyl (C=O) groups is 2. The Labute approximate surface area is 152 Å². The molecule has 1 N–H and O–H groups in total. The fourth-order valence-corrected chi connectivity index (χ4v) is 3.85. The van der Waals surface area contributed by atoms with E-state index in [1.807, 2.05) is 0 Å². The molecular weight excluding hydrogens is 407 g/mol. The highest BCUT2D eigenvalue weighted by Gasteiger charge is 2.76. The van der Waals surface area contributed by atoms with Crippen LogP contribution < -0.4 is 5.32 Å². The summed E-state index contributed by atoms with van der Waals surface area (Å²) in [4.78, 5) is 24.3. The lowest BCUT2D eigenvalue weighted by molar-refractivity contribution is -0.343. The van der Waals surface area contributed by atoms with Crippen LogP contribution in [0.3, 0.4) is 0 Å². The molecule has 0 fully saturated rings. The molecule has 1 aromatic heterocycles. The predicted molar refractivity (Wildman–Crippen MR) is 81.5 cm³/mol. The van der Waals surface area contributed by atoms with Crippen molar-refractivity contribution >= 4 is 28.2 Å². The Morgan fingerprint density at radius 1 is 1.07 bits per heavy atom. The minimum absolute atomic E-state index is 0.0842. The Bertz CT molecular complexity index is 743. The lowest BCUT2D eigenvalue weighted by Crippen LogP contribution is -2.57. The van der Waals surface area contributed by atoms with Gasteiger partial charge in [0.05, 0.1) is 12.2 Å². The zero-order valence-corrected chi connectivity index (χ0v) is 14.6. The molecule has 0 atom stereocenters. The molecule has 1 aliphatic rings. The van der Waals surface area contributed by atoms with Crippen LogP contribution in [0.5, 0.6) is 0 Å². The van der Waals surface area contributed by atoms with Crippen LogP contribution >= 0.6 is 11.3 Å². The molecule has 12 heteroatoms. The molecule has 1 aromatic rings. The van der Waals surface area contributed by atoms with Gasteiger partial charge in [0.1, 0.15) is 5.00 Å². The van der Waals surface area contributed by atoms with Gasteiger partial charge in [0.25, 0.3) is 0 Å². The first-order valence-corrected chi connectivity index (χ1v) is 8.61. The van der Waals surface area contributed by atoms with Crippen LogP contribution in [0.2, 0.25) is 0 Å². The maximum atomic E-state index is 13.5. The summed E-state index contributed by atoms with van der Waals surface area (Å²) in [6, 6.07) is 0. The Hall–Kier alpha value is -1.85. The highest BCUT2D eigenvalue weighted by atomic mass is 32.1. The SMILES string of the molecule is CCOC(=O)c1c(NC(=O)C(F)(F)C(F)(F)C(F)(F)F)sc2c1CCCC2. The average Bonchev–Trinajstić information content (AvgIpc) is 2.91. The van der Waals surface area contributed by atoms with Crippen molar-refractivity contribution in [3.63, 3.8) is 0 Å². The average molecular weight is 421 g/mol. The van der Waals surface area contributed by atoms with Crippen LogP contribution in [0.4, 0.5) is 35.7 Å². The summed E-state index contributed by atoms with van der Waals surface area (Å²) in [5.41, 5.74) is 0.141. The van der Waals surface area contributed by atoms with Crippen LogP contribution in [0.25, 0.3) is 0 Å². The topological polar surface area (TPSA) is 55.4 Å². The van der Waals surface area contributed by atoms with Gasteiger partial charge in [0.15, 0.2) is 0 Å². The fraction of sp³-hybridized carbons (Fsp3) is 0.600. The van der Waals surface area contributed by atoms with Crippen molar-refractivity contribution in [3.05, 3.63) is 16.0 Å². The summed E-state index contributed by atoms with van der Waals surface area (Å²) in [5, 5.41) is 0.849. The van der Waals surface area contributed by atoms with E-state index < -0.39 is 34.9 Å². The molecule has 0 unspecified atom stereocenters. The molecule has 27 heavy (non-hydrogen) atoms. The number of alkyl halides is 7. The number of amides is 1. The number of halogens is 7. The highest BCUT2D eigenvalue weighted by Crippen LogP contribution is 2.47. The predicted octanol–water partition coefficient (Wildman–Crippen LogP) is 4.58. The summed E-state index contributed by atoms with van der Waals surface area (Å²) in [6.07, 6.45) is -4.44. The summed E-state index contributed by atoms with van der Waals surface area (Å²) in [5.74, 6) is -16.5. The minimum Gasteiger partial charge on any atom is -0.462 e. The van der Waals surface area contributed by atoms with E-state index in [4.69, 9.17) is 4.74 Å². The van der Waals surface area contributed by atoms with E-state index in [0.717, 1.165) is 0 Å². The molecule has 0 saturated carbocycles. The van der Waals surface area contributed by atoms with Gasteiger partial charge in [-0.05, 0) is 38.2 Å². The van der Waals surface area contributed by atoms with Gasteiger partial charge in [-0.1, -0.05) is 0 Å². The number of hydrogen-bond donors (Lipinski definition) is 1. The standard InChI is InChI=1S/C15H14F7NO3S/c1-2-26-11(24)9-7-5-3-4-6-8(7)27-10(9)23-12(25)13(16,17)14(18,19)15(20,21)22/h2-6H2,1H3,(H,23,25). The Morgan fingerprint density at radius 2 is 1.67 bits per heavy atom. The number of anilines is 1. The fourth-order valence-electron chi connectivity index (χ4n) is 2.58. The van der Waals surface area contributed by atoms with Gasteiger partial charge in [0.2, 0.25) is 0 Å². The Kier molecular flexibility index (Phi) is 5.79. The van der Waals surface area contributed by atoms with E-state index in [9.17, 15) is 40.3 Å². The number of hydrogen-bond acceptors (Lipinski definition) is 4. The minimum atomic E-state index is -6.63. The molecule has 0 aliphatic heterocycles. The third-order valence-electron chi connectivity index (χ3n) is 3.91. The van der Waals surface area contributed by atoms with Crippen LogP contribution in [-0.4, -0.2) is 36.5 Å². The first-order chi connectivity index (χ1) is 12.3. The normalized spacial score (nSPS) is 15.3. The highest BCUT2D eigenvalue weighted by molar-refractivity contribution is 7.17. The summed E-state index contributed by atoms with van der Waals surface area (Å²) in [6.45, 7) is 1.38. The zero-order valence-electron chi connectivity index (χ0n) is 13.8. The molecule has 0 bridgehead atoms. The lowest BCUT2D eigenvalue weighted by atomic mass is 9.95. The van der Waals surface area contributed by atoms with Crippen LogP contribution in [0.15, 0.2) is 0 Å². The summed E-state index contributed by atoms with van der Waals surface area (Å²) < 4.78 is 94.7. The molecule has 1 heterocycles. The molecule has 1 aliphatic carbocycles. The number of aryl methyl sites for hydroxylation is 1. The molecule has 4 nitrogen and oxygen atoms in total. The van der Waals surface area contributed by atoms with Crippen molar-refractivity contribution in [3.8, 4) is 0 Å². The number of nitrogens with one attached hydrogen (secondary N) is 1. The molecule has 0 saturated heterocycles. The number of fused-ring (bicyclic) bond motifs is 1. The number of thiophene rings is 1. The van der Waals surface area contributed by atoms with Gasteiger partial charge in [-0.15, -0.1) is 11.3 Å². The van der Waals surface area contributed by atoms with Crippen LogP contribution in [0, 0.1) is 0 Å². The molecule has 0 radical (unpaired) electrons. The van der Waals surface area contributed by atoms with E-state index >= 15 is 0 Å². The number of rotatable bonds is 5. The maximum absolute atomic E-state index is 13.5. The molecular formula is C15H14F7NO3S. The van der Waals surface area contributed by atoms with Gasteiger partial charge in [-0.3, -0.25) is 4.79 Å². The van der Waals surface area contributed by atoms with Crippen molar-refractivity contribution in [2.75, 3.05) is 11.9 Å². The van der Waals surface area contributed by atoms with Crippen molar-refractivity contribution in [1.29, 1.82) is 0 Å². The number of esters is 1. The monoisotopic (exact) mass is 421 g/mol. The smallest absolute Gasteiger partial charge is 0.460 e. The summed E-state index contributed by atoms with van der Waals surface area (Å²) >= 11 is 0.686. The van der Waals surface area contributed by atoms with Crippen LogP contribution in [-0.2, 0) is 22.4 Å². The molecule has 0 aromatic carbocycles. The van der Waals surface area contributed by atoms with Gasteiger partial charge < -0.3 is 10.1 Å². The largest absolute Gasteiger partial charge is 0.462 e. The van der Waals surface area contributed by atoms with Gasteiger partial charge in [-0.2, -0.15) is 30.7 Å². The second-order valence-electron chi connectivity index (χ2n) is 5.74. The van der Waals surface area contributed by atoms with Crippen molar-refractivity contribution in [2.45, 2.75) is 50.6 Å². The van der Waals surface area contributed by atoms with E-state index in [2.05, 4.69) is 0 Å². The van der Waals surface area contributed by atoms with Crippen molar-refractivity contribution < 1.29 is 45.1 Å². The third kappa shape index (κ3) is 3.76. The number of carbonyl (C=O) groups excluding carboxylic acids is 2. The zero-order chi connectivity index (χ0) is 20.6. The van der Waals surface area contributed by atoms with E-state index in [1.54, 1.807) is 0 Å². The maximum Gasteiger partial charge on any atom is 0.460 e. The molecule has 1 amide bonds. The number of ether oxygens (including phenoxy) is 1. The lowest BCUT2D eigenvalue weighted by Gasteiger charge is -2.26. The van der Waals surface area contributed by atoms with Gasteiger partial charge in [0, 0.05) is 4.88 Å². The molecule has 2 rings (SSSR count). The molecule has 152 valence electrons. The van der Waals surface area contributed by atoms with Crippen LogP contribution in [0.1, 0.15) is 40.6 Å². The van der Waals surface area contributed by atoms with Gasteiger partial charge in [-0.25, -0.2) is 4.79 Å². The van der Waals surface area contributed by atoms with Gasteiger partial charge >= 0.3 is 29.9 Å². The van der Waals surface area contributed by atoms with Crippen molar-refractivity contribution in [2.24, 2.45) is 0 Å². The quantitative estimate of drug-likeness (QED) is 0.560. The Balaban J connectivity index is 2.40. The van der Waals surface area contributed by atoms with E-state index in [0.29, 0.717) is 47.5 Å². The van der Waals surface area contributed by atoms with Crippen molar-refractivity contribution in [1.82, 2.24) is 0 Å². The second kappa shape index (κ2) is 7.28. The second-order valence-corrected chi connectivity index (χ2v) is 6.84. The first kappa shape index (κ1) is 21.5.